The number of non-ortho nitro benzene ring substituents is 1. The Balaban J connectivity index is 1.58. The van der Waals surface area contributed by atoms with E-state index in [1.54, 1.807) is 19.2 Å². The SMILES string of the molecule is COc1ccc(C2=NN3[C@@H](C2)c2cc(Br)ccc2O[C@H]3c2cccc([N+](=O)[O-])c2)cc1. The highest BCUT2D eigenvalue weighted by Gasteiger charge is 2.41. The summed E-state index contributed by atoms with van der Waals surface area (Å²) in [6, 6.07) is 20.2. The highest BCUT2D eigenvalue weighted by atomic mass is 79.9. The van der Waals surface area contributed by atoms with Gasteiger partial charge in [0, 0.05) is 34.2 Å². The van der Waals surface area contributed by atoms with Crippen molar-refractivity contribution in [2.45, 2.75) is 18.7 Å². The lowest BCUT2D eigenvalue weighted by atomic mass is 9.96. The number of methoxy groups -OCH3 is 1. The molecule has 2 atom stereocenters. The summed E-state index contributed by atoms with van der Waals surface area (Å²) in [6.45, 7) is 0. The van der Waals surface area contributed by atoms with Gasteiger partial charge < -0.3 is 9.47 Å². The summed E-state index contributed by atoms with van der Waals surface area (Å²) in [5.41, 5.74) is 3.68. The highest BCUT2D eigenvalue weighted by Crippen LogP contribution is 2.48. The van der Waals surface area contributed by atoms with Crippen molar-refractivity contribution in [3.8, 4) is 11.5 Å². The van der Waals surface area contributed by atoms with Gasteiger partial charge >= 0.3 is 0 Å². The van der Waals surface area contributed by atoms with Crippen LogP contribution in [0.1, 0.15) is 35.4 Å². The van der Waals surface area contributed by atoms with Gasteiger partial charge in [-0.25, -0.2) is 5.01 Å². The summed E-state index contributed by atoms with van der Waals surface area (Å²) in [7, 11) is 1.64. The van der Waals surface area contributed by atoms with Crippen LogP contribution >= 0.6 is 15.9 Å². The molecule has 0 amide bonds. The van der Waals surface area contributed by atoms with Crippen LogP contribution in [-0.4, -0.2) is 22.8 Å². The average molecular weight is 480 g/mol. The van der Waals surface area contributed by atoms with Crippen molar-refractivity contribution in [2.75, 3.05) is 7.11 Å². The topological polar surface area (TPSA) is 77.2 Å². The number of benzene rings is 3. The van der Waals surface area contributed by atoms with Gasteiger partial charge in [0.1, 0.15) is 11.5 Å². The van der Waals surface area contributed by atoms with Gasteiger partial charge in [-0.05, 0) is 48.0 Å². The first kappa shape index (κ1) is 19.6. The molecule has 3 aromatic carbocycles. The standard InChI is InChI=1S/C23H18BrN3O4/c1-30-18-8-5-14(6-9-18)20-13-21-19-12-16(24)7-10-22(19)31-23(26(21)25-20)15-3-2-4-17(11-15)27(28)29/h2-12,21,23H,13H2,1H3/t21-,23-/m0/s1. The van der Waals surface area contributed by atoms with Gasteiger partial charge in [0.25, 0.3) is 5.69 Å². The minimum Gasteiger partial charge on any atom is -0.497 e. The summed E-state index contributed by atoms with van der Waals surface area (Å²) in [6.07, 6.45) is 0.138. The fraction of sp³-hybridized carbons (Fsp3) is 0.174. The summed E-state index contributed by atoms with van der Waals surface area (Å²) in [5, 5.41) is 18.1. The van der Waals surface area contributed by atoms with Crippen LogP contribution in [0.3, 0.4) is 0 Å². The van der Waals surface area contributed by atoms with Gasteiger partial charge in [-0.1, -0.05) is 28.1 Å². The second kappa shape index (κ2) is 7.70. The summed E-state index contributed by atoms with van der Waals surface area (Å²) in [5.74, 6) is 1.54. The van der Waals surface area contributed by atoms with E-state index in [-0.39, 0.29) is 11.7 Å². The third-order valence-corrected chi connectivity index (χ3v) is 6.03. The van der Waals surface area contributed by atoms with Crippen LogP contribution in [0.15, 0.2) is 76.3 Å². The number of nitro benzene ring substituents is 1. The number of hydrogen-bond donors (Lipinski definition) is 0. The number of nitrogens with zero attached hydrogens (tertiary/aromatic N) is 3. The Labute approximate surface area is 187 Å². The van der Waals surface area contributed by atoms with E-state index in [0.29, 0.717) is 12.0 Å². The lowest BCUT2D eigenvalue weighted by Crippen LogP contribution is -2.33. The molecule has 0 N–H and O–H groups in total. The quantitative estimate of drug-likeness (QED) is 0.359. The van der Waals surface area contributed by atoms with Gasteiger partial charge in [0.15, 0.2) is 0 Å². The second-order valence-corrected chi connectivity index (χ2v) is 8.30. The maximum absolute atomic E-state index is 11.3. The molecule has 5 rings (SSSR count). The normalized spacial score (nSPS) is 19.2. The van der Waals surface area contributed by atoms with Crippen LogP contribution in [-0.2, 0) is 0 Å². The molecule has 0 saturated carbocycles. The third-order valence-electron chi connectivity index (χ3n) is 5.54. The minimum atomic E-state index is -0.561. The van der Waals surface area contributed by atoms with Crippen LogP contribution in [0, 0.1) is 10.1 Å². The maximum Gasteiger partial charge on any atom is 0.269 e. The Bertz CT molecular complexity index is 1200. The first-order valence-corrected chi connectivity index (χ1v) is 10.5. The molecule has 0 unspecified atom stereocenters. The molecule has 0 aromatic heterocycles. The Kier molecular flexibility index (Phi) is 4.86. The van der Waals surface area contributed by atoms with Crippen LogP contribution < -0.4 is 9.47 Å². The van der Waals surface area contributed by atoms with Crippen LogP contribution in [0.25, 0.3) is 0 Å². The monoisotopic (exact) mass is 479 g/mol. The summed E-state index contributed by atoms with van der Waals surface area (Å²) >= 11 is 3.55. The zero-order valence-electron chi connectivity index (χ0n) is 16.6. The Hall–Kier alpha value is -3.39. The molecule has 2 aliphatic rings. The number of halogens is 1. The average Bonchev–Trinajstić information content (AvgIpc) is 3.24. The molecule has 0 saturated heterocycles. The molecule has 31 heavy (non-hydrogen) atoms. The van der Waals surface area contributed by atoms with Crippen molar-refractivity contribution in [1.82, 2.24) is 5.01 Å². The van der Waals surface area contributed by atoms with E-state index in [1.165, 1.54) is 6.07 Å². The highest BCUT2D eigenvalue weighted by molar-refractivity contribution is 9.10. The third kappa shape index (κ3) is 3.53. The van der Waals surface area contributed by atoms with Crippen molar-refractivity contribution in [1.29, 1.82) is 0 Å². The number of hydrazone groups is 1. The molecule has 2 heterocycles. The fourth-order valence-electron chi connectivity index (χ4n) is 4.03. The Morgan fingerprint density at radius 2 is 1.97 bits per heavy atom. The molecule has 8 heteroatoms. The molecule has 3 aromatic rings. The van der Waals surface area contributed by atoms with Gasteiger partial charge in [0.05, 0.1) is 23.8 Å². The molecule has 0 radical (unpaired) electrons. The molecule has 7 nitrogen and oxygen atoms in total. The first-order chi connectivity index (χ1) is 15.0. The number of ether oxygens (including phenoxy) is 2. The molecule has 0 fully saturated rings. The van der Waals surface area contributed by atoms with E-state index in [1.807, 2.05) is 53.5 Å². The molecule has 0 spiro atoms. The fourth-order valence-corrected chi connectivity index (χ4v) is 4.41. The van der Waals surface area contributed by atoms with Crippen molar-refractivity contribution in [2.24, 2.45) is 5.10 Å². The van der Waals surface area contributed by atoms with Crippen molar-refractivity contribution in [3.05, 3.63) is 98.0 Å². The van der Waals surface area contributed by atoms with Crippen molar-refractivity contribution >= 4 is 27.3 Å². The molecule has 0 aliphatic carbocycles. The van der Waals surface area contributed by atoms with E-state index in [4.69, 9.17) is 14.6 Å². The van der Waals surface area contributed by atoms with E-state index in [0.717, 1.165) is 32.8 Å². The summed E-state index contributed by atoms with van der Waals surface area (Å²) in [4.78, 5) is 10.9. The number of fused-ring (bicyclic) bond motifs is 3. The molecular weight excluding hydrogens is 462 g/mol. The zero-order valence-corrected chi connectivity index (χ0v) is 18.2. The van der Waals surface area contributed by atoms with Crippen LogP contribution in [0.4, 0.5) is 5.69 Å². The smallest absolute Gasteiger partial charge is 0.269 e. The zero-order chi connectivity index (χ0) is 21.5. The van der Waals surface area contributed by atoms with Crippen LogP contribution in [0.2, 0.25) is 0 Å². The number of rotatable bonds is 4. The predicted molar refractivity (Wildman–Crippen MR) is 119 cm³/mol. The van der Waals surface area contributed by atoms with Gasteiger partial charge in [-0.15, -0.1) is 0 Å². The number of hydrogen-bond acceptors (Lipinski definition) is 6. The first-order valence-electron chi connectivity index (χ1n) is 9.74. The van der Waals surface area contributed by atoms with Crippen molar-refractivity contribution in [3.63, 3.8) is 0 Å². The Morgan fingerprint density at radius 3 is 2.71 bits per heavy atom. The Morgan fingerprint density at radius 1 is 1.16 bits per heavy atom. The molecule has 2 aliphatic heterocycles. The summed E-state index contributed by atoms with van der Waals surface area (Å²) < 4.78 is 12.5. The maximum atomic E-state index is 11.3. The van der Waals surface area contributed by atoms with E-state index < -0.39 is 11.2 Å². The van der Waals surface area contributed by atoms with E-state index in [9.17, 15) is 10.1 Å². The lowest BCUT2D eigenvalue weighted by Gasteiger charge is -2.38. The predicted octanol–water partition coefficient (Wildman–Crippen LogP) is 5.61. The molecule has 156 valence electrons. The van der Waals surface area contributed by atoms with Crippen LogP contribution in [0.5, 0.6) is 11.5 Å². The molecule has 0 bridgehead atoms. The largest absolute Gasteiger partial charge is 0.497 e. The lowest BCUT2D eigenvalue weighted by molar-refractivity contribution is -0.385. The second-order valence-electron chi connectivity index (χ2n) is 7.38. The molecular formula is C23H18BrN3O4. The van der Waals surface area contributed by atoms with E-state index in [2.05, 4.69) is 15.9 Å². The van der Waals surface area contributed by atoms with Crippen molar-refractivity contribution < 1.29 is 14.4 Å². The van der Waals surface area contributed by atoms with Gasteiger partial charge in [-0.3, -0.25) is 10.1 Å². The minimum absolute atomic E-state index is 0.0257. The number of nitro groups is 1. The van der Waals surface area contributed by atoms with Gasteiger partial charge in [-0.2, -0.15) is 5.10 Å². The van der Waals surface area contributed by atoms with E-state index >= 15 is 0 Å². The van der Waals surface area contributed by atoms with Gasteiger partial charge in [0.2, 0.25) is 6.23 Å².